The van der Waals surface area contributed by atoms with E-state index in [1.54, 1.807) is 12.1 Å². The number of aliphatic hydroxyl groups excluding tert-OH is 1. The van der Waals surface area contributed by atoms with Crippen molar-refractivity contribution >= 4 is 5.82 Å². The number of hydrogen-bond acceptors (Lipinski definition) is 5. The number of aromatic nitrogens is 2. The Morgan fingerprint density at radius 3 is 2.79 bits per heavy atom. The Morgan fingerprint density at radius 2 is 2.36 bits per heavy atom. The Labute approximate surface area is 82.4 Å². The summed E-state index contributed by atoms with van der Waals surface area (Å²) < 4.78 is 0. The van der Waals surface area contributed by atoms with Crippen LogP contribution in [0.2, 0.25) is 0 Å². The molecule has 1 aromatic heterocycles. The van der Waals surface area contributed by atoms with Crippen molar-refractivity contribution in [2.75, 3.05) is 11.9 Å². The van der Waals surface area contributed by atoms with E-state index in [2.05, 4.69) is 15.5 Å². The Hall–Kier alpha value is -1.67. The number of aliphatic hydroxyl groups is 1. The van der Waals surface area contributed by atoms with Gasteiger partial charge in [-0.05, 0) is 18.6 Å². The Balaban J connectivity index is 2.64. The molecule has 1 heterocycles. The number of nitriles is 1. The van der Waals surface area contributed by atoms with Crippen LogP contribution in [0.5, 0.6) is 0 Å². The van der Waals surface area contributed by atoms with Gasteiger partial charge in [-0.2, -0.15) is 5.26 Å². The molecule has 0 saturated heterocycles. The summed E-state index contributed by atoms with van der Waals surface area (Å²) in [7, 11) is 0. The van der Waals surface area contributed by atoms with Crippen molar-refractivity contribution < 1.29 is 5.11 Å². The molecular formula is C9H12N4O. The second-order valence-electron chi connectivity index (χ2n) is 2.85. The van der Waals surface area contributed by atoms with Crippen molar-refractivity contribution in [1.82, 2.24) is 10.2 Å². The van der Waals surface area contributed by atoms with Crippen LogP contribution in [0.1, 0.15) is 19.0 Å². The van der Waals surface area contributed by atoms with E-state index >= 15 is 0 Å². The number of hydrogen-bond donors (Lipinski definition) is 2. The van der Waals surface area contributed by atoms with Crippen molar-refractivity contribution in [2.45, 2.75) is 19.4 Å². The lowest BCUT2D eigenvalue weighted by atomic mass is 10.2. The van der Waals surface area contributed by atoms with Crippen LogP contribution in [0.3, 0.4) is 0 Å². The van der Waals surface area contributed by atoms with E-state index in [1.165, 1.54) is 0 Å². The minimum Gasteiger partial charge on any atom is -0.394 e. The monoisotopic (exact) mass is 192 g/mol. The number of nitrogens with zero attached hydrogens (tertiary/aromatic N) is 3. The van der Waals surface area contributed by atoms with Crippen LogP contribution in [0.4, 0.5) is 5.82 Å². The van der Waals surface area contributed by atoms with Crippen LogP contribution in [0.15, 0.2) is 12.1 Å². The molecule has 5 nitrogen and oxygen atoms in total. The van der Waals surface area contributed by atoms with Crippen molar-refractivity contribution in [2.24, 2.45) is 0 Å². The van der Waals surface area contributed by atoms with Gasteiger partial charge in [-0.25, -0.2) is 0 Å². The lowest BCUT2D eigenvalue weighted by Gasteiger charge is -2.13. The van der Waals surface area contributed by atoms with Gasteiger partial charge in [-0.3, -0.25) is 0 Å². The van der Waals surface area contributed by atoms with Crippen LogP contribution in [-0.4, -0.2) is 28.0 Å². The first-order valence-electron chi connectivity index (χ1n) is 4.41. The largest absolute Gasteiger partial charge is 0.394 e. The molecule has 0 spiro atoms. The summed E-state index contributed by atoms with van der Waals surface area (Å²) in [4.78, 5) is 0. The average molecular weight is 192 g/mol. The molecule has 0 saturated carbocycles. The van der Waals surface area contributed by atoms with Gasteiger partial charge in [-0.1, -0.05) is 6.92 Å². The van der Waals surface area contributed by atoms with Crippen molar-refractivity contribution in [3.63, 3.8) is 0 Å². The molecule has 0 aliphatic heterocycles. The smallest absolute Gasteiger partial charge is 0.163 e. The van der Waals surface area contributed by atoms with Crippen molar-refractivity contribution in [3.05, 3.63) is 17.8 Å². The molecule has 0 aromatic carbocycles. The standard InChI is InChI=1S/C9H12N4O/c1-2-7(6-14)11-9-4-3-8(5-10)12-13-9/h3-4,7,14H,2,6H2,1H3,(H,11,13)/t7-/m1/s1. The van der Waals surface area contributed by atoms with E-state index < -0.39 is 0 Å². The zero-order valence-corrected chi connectivity index (χ0v) is 7.94. The lowest BCUT2D eigenvalue weighted by Crippen LogP contribution is -2.23. The summed E-state index contributed by atoms with van der Waals surface area (Å²) in [6.45, 7) is 2.02. The Bertz CT molecular complexity index is 313. The highest BCUT2D eigenvalue weighted by molar-refractivity contribution is 5.36. The second-order valence-corrected chi connectivity index (χ2v) is 2.85. The molecule has 2 N–H and O–H groups in total. The molecule has 0 amide bonds. The fourth-order valence-corrected chi connectivity index (χ4v) is 0.955. The van der Waals surface area contributed by atoms with Gasteiger partial charge >= 0.3 is 0 Å². The summed E-state index contributed by atoms with van der Waals surface area (Å²) >= 11 is 0. The van der Waals surface area contributed by atoms with Gasteiger partial charge in [0.2, 0.25) is 0 Å². The maximum absolute atomic E-state index is 8.93. The molecule has 14 heavy (non-hydrogen) atoms. The first-order chi connectivity index (χ1) is 6.80. The van der Waals surface area contributed by atoms with Gasteiger partial charge < -0.3 is 10.4 Å². The van der Waals surface area contributed by atoms with Gasteiger partial charge in [0.15, 0.2) is 5.69 Å². The molecular weight excluding hydrogens is 180 g/mol. The van der Waals surface area contributed by atoms with E-state index in [4.69, 9.17) is 10.4 Å². The molecule has 0 aliphatic rings. The van der Waals surface area contributed by atoms with Gasteiger partial charge in [0.25, 0.3) is 0 Å². The molecule has 5 heteroatoms. The Kier molecular flexibility index (Phi) is 3.83. The fraction of sp³-hybridized carbons (Fsp3) is 0.444. The summed E-state index contributed by atoms with van der Waals surface area (Å²) in [5.41, 5.74) is 0.285. The topological polar surface area (TPSA) is 81.8 Å². The third-order valence-corrected chi connectivity index (χ3v) is 1.84. The third-order valence-electron chi connectivity index (χ3n) is 1.84. The van der Waals surface area contributed by atoms with Gasteiger partial charge in [-0.15, -0.1) is 10.2 Å². The molecule has 0 radical (unpaired) electrons. The molecule has 0 fully saturated rings. The molecule has 1 atom stereocenters. The predicted octanol–water partition coefficient (Wildman–Crippen LogP) is 0.531. The predicted molar refractivity (Wildman–Crippen MR) is 51.5 cm³/mol. The number of rotatable bonds is 4. The minimum atomic E-state index is -0.0164. The van der Waals surface area contributed by atoms with E-state index in [-0.39, 0.29) is 18.3 Å². The van der Waals surface area contributed by atoms with Gasteiger partial charge in [0.05, 0.1) is 12.6 Å². The summed E-state index contributed by atoms with van der Waals surface area (Å²) in [6, 6.07) is 5.12. The van der Waals surface area contributed by atoms with Gasteiger partial charge in [0.1, 0.15) is 11.9 Å². The quantitative estimate of drug-likeness (QED) is 0.727. The maximum Gasteiger partial charge on any atom is 0.163 e. The minimum absolute atomic E-state index is 0.0164. The van der Waals surface area contributed by atoms with Crippen LogP contribution in [-0.2, 0) is 0 Å². The van der Waals surface area contributed by atoms with Crippen LogP contribution < -0.4 is 5.32 Å². The van der Waals surface area contributed by atoms with Crippen LogP contribution in [0, 0.1) is 11.3 Å². The molecule has 1 aromatic rings. The SMILES string of the molecule is CC[C@H](CO)Nc1ccc(C#N)nn1. The van der Waals surface area contributed by atoms with Crippen LogP contribution >= 0.6 is 0 Å². The Morgan fingerprint density at radius 1 is 1.57 bits per heavy atom. The fourth-order valence-electron chi connectivity index (χ4n) is 0.955. The van der Waals surface area contributed by atoms with Crippen LogP contribution in [0.25, 0.3) is 0 Å². The normalized spacial score (nSPS) is 11.8. The molecule has 0 unspecified atom stereocenters. The molecule has 74 valence electrons. The van der Waals surface area contributed by atoms with E-state index in [0.717, 1.165) is 6.42 Å². The van der Waals surface area contributed by atoms with E-state index in [9.17, 15) is 0 Å². The molecule has 0 aliphatic carbocycles. The average Bonchev–Trinajstić information content (AvgIpc) is 2.26. The zero-order valence-electron chi connectivity index (χ0n) is 7.94. The van der Waals surface area contributed by atoms with Gasteiger partial charge in [0, 0.05) is 0 Å². The first kappa shape index (κ1) is 10.4. The summed E-state index contributed by atoms with van der Waals surface area (Å²) in [6.07, 6.45) is 0.804. The zero-order chi connectivity index (χ0) is 10.4. The first-order valence-corrected chi connectivity index (χ1v) is 4.41. The van der Waals surface area contributed by atoms with Crippen molar-refractivity contribution in [3.8, 4) is 6.07 Å². The van der Waals surface area contributed by atoms with Crippen molar-refractivity contribution in [1.29, 1.82) is 5.26 Å². The second kappa shape index (κ2) is 5.14. The summed E-state index contributed by atoms with van der Waals surface area (Å²) in [5, 5.41) is 27.9. The third kappa shape index (κ3) is 2.68. The van der Waals surface area contributed by atoms with E-state index in [1.807, 2.05) is 13.0 Å². The highest BCUT2D eigenvalue weighted by atomic mass is 16.3. The molecule has 1 rings (SSSR count). The highest BCUT2D eigenvalue weighted by Crippen LogP contribution is 2.04. The van der Waals surface area contributed by atoms with E-state index in [0.29, 0.717) is 5.82 Å². The summed E-state index contributed by atoms with van der Waals surface area (Å²) in [5.74, 6) is 0.574. The molecule has 0 bridgehead atoms. The highest BCUT2D eigenvalue weighted by Gasteiger charge is 2.04. The maximum atomic E-state index is 8.93. The number of anilines is 1. The lowest BCUT2D eigenvalue weighted by molar-refractivity contribution is 0.271. The number of nitrogens with one attached hydrogen (secondary N) is 1.